The molecule has 1 aliphatic rings. The largest absolute Gasteiger partial charge is 0.391 e. The van der Waals surface area contributed by atoms with Gasteiger partial charge in [-0.25, -0.2) is 0 Å². The Kier molecular flexibility index (Phi) is 5.10. The van der Waals surface area contributed by atoms with Crippen molar-refractivity contribution in [1.82, 2.24) is 0 Å². The van der Waals surface area contributed by atoms with Gasteiger partial charge in [0.1, 0.15) is 24.9 Å². The fourth-order valence-corrected chi connectivity index (χ4v) is 2.07. The SMILES string of the molecule is COC[C@H]1O[C@](CO)(OC)[C@@H](OC)[C@@H]1OC. The van der Waals surface area contributed by atoms with Crippen molar-refractivity contribution in [3.8, 4) is 0 Å². The molecule has 0 radical (unpaired) electrons. The van der Waals surface area contributed by atoms with Crippen molar-refractivity contribution in [3.63, 3.8) is 0 Å². The maximum Gasteiger partial charge on any atom is 0.221 e. The van der Waals surface area contributed by atoms with Crippen LogP contribution in [0, 0.1) is 0 Å². The molecule has 96 valence electrons. The van der Waals surface area contributed by atoms with Crippen LogP contribution in [0.15, 0.2) is 0 Å². The van der Waals surface area contributed by atoms with E-state index in [4.69, 9.17) is 23.7 Å². The third kappa shape index (κ3) is 2.22. The van der Waals surface area contributed by atoms with Gasteiger partial charge in [0, 0.05) is 28.4 Å². The van der Waals surface area contributed by atoms with Gasteiger partial charge in [-0.3, -0.25) is 0 Å². The zero-order valence-corrected chi connectivity index (χ0v) is 10.1. The average Bonchev–Trinajstić information content (AvgIpc) is 2.63. The summed E-state index contributed by atoms with van der Waals surface area (Å²) in [5, 5.41) is 9.39. The first kappa shape index (κ1) is 13.8. The van der Waals surface area contributed by atoms with Gasteiger partial charge in [0.25, 0.3) is 0 Å². The number of ether oxygens (including phenoxy) is 5. The van der Waals surface area contributed by atoms with Crippen LogP contribution in [0.1, 0.15) is 0 Å². The molecule has 0 aliphatic carbocycles. The summed E-state index contributed by atoms with van der Waals surface area (Å²) >= 11 is 0. The van der Waals surface area contributed by atoms with Crippen LogP contribution < -0.4 is 0 Å². The molecule has 0 aromatic heterocycles. The molecule has 0 aromatic rings. The van der Waals surface area contributed by atoms with E-state index in [0.29, 0.717) is 6.61 Å². The van der Waals surface area contributed by atoms with E-state index < -0.39 is 11.9 Å². The number of hydrogen-bond donors (Lipinski definition) is 1. The van der Waals surface area contributed by atoms with E-state index in [1.165, 1.54) is 14.2 Å². The molecule has 1 heterocycles. The first-order chi connectivity index (χ1) is 7.68. The monoisotopic (exact) mass is 236 g/mol. The molecule has 0 aromatic carbocycles. The Hall–Kier alpha value is -0.240. The predicted molar refractivity (Wildman–Crippen MR) is 55.2 cm³/mol. The number of rotatable bonds is 6. The number of aliphatic hydroxyl groups excluding tert-OH is 1. The molecule has 4 atom stereocenters. The van der Waals surface area contributed by atoms with E-state index in [0.717, 1.165) is 0 Å². The molecule has 0 unspecified atom stereocenters. The van der Waals surface area contributed by atoms with Crippen molar-refractivity contribution >= 4 is 0 Å². The van der Waals surface area contributed by atoms with Crippen molar-refractivity contribution in [1.29, 1.82) is 0 Å². The Labute approximate surface area is 95.4 Å². The topological polar surface area (TPSA) is 66.4 Å². The Morgan fingerprint density at radius 3 is 2.25 bits per heavy atom. The Morgan fingerprint density at radius 2 is 1.88 bits per heavy atom. The molecule has 0 saturated carbocycles. The maximum absolute atomic E-state index is 9.39. The van der Waals surface area contributed by atoms with Crippen molar-refractivity contribution in [2.75, 3.05) is 41.7 Å². The van der Waals surface area contributed by atoms with Gasteiger partial charge in [0.2, 0.25) is 5.79 Å². The number of hydrogen-bond acceptors (Lipinski definition) is 6. The lowest BCUT2D eigenvalue weighted by Gasteiger charge is -2.30. The van der Waals surface area contributed by atoms with Crippen LogP contribution in [0.5, 0.6) is 0 Å². The molecule has 1 rings (SSSR count). The quantitative estimate of drug-likeness (QED) is 0.664. The third-order valence-electron chi connectivity index (χ3n) is 2.87. The molecule has 0 bridgehead atoms. The minimum Gasteiger partial charge on any atom is -0.391 e. The van der Waals surface area contributed by atoms with E-state index in [9.17, 15) is 5.11 Å². The smallest absolute Gasteiger partial charge is 0.221 e. The van der Waals surface area contributed by atoms with Crippen LogP contribution in [-0.4, -0.2) is 70.9 Å². The van der Waals surface area contributed by atoms with E-state index in [2.05, 4.69) is 0 Å². The van der Waals surface area contributed by atoms with Crippen molar-refractivity contribution in [3.05, 3.63) is 0 Å². The fraction of sp³-hybridized carbons (Fsp3) is 1.00. The molecular weight excluding hydrogens is 216 g/mol. The highest BCUT2D eigenvalue weighted by molar-refractivity contribution is 4.98. The standard InChI is InChI=1S/C10H20O6/c1-12-5-7-8(13-2)9(14-3)10(6-11,15-4)16-7/h7-9,11H,5-6H2,1-4H3/t7-,8-,9+,10+/m1/s1. The number of aliphatic hydroxyl groups is 1. The first-order valence-electron chi connectivity index (χ1n) is 5.07. The van der Waals surface area contributed by atoms with Gasteiger partial charge < -0.3 is 28.8 Å². The second-order valence-corrected chi connectivity index (χ2v) is 3.64. The Bertz CT molecular complexity index is 205. The lowest BCUT2D eigenvalue weighted by molar-refractivity contribution is -0.268. The lowest BCUT2D eigenvalue weighted by Crippen LogP contribution is -2.49. The Morgan fingerprint density at radius 1 is 1.19 bits per heavy atom. The summed E-state index contributed by atoms with van der Waals surface area (Å²) in [6.45, 7) is 0.0472. The van der Waals surface area contributed by atoms with Gasteiger partial charge in [-0.05, 0) is 0 Å². The van der Waals surface area contributed by atoms with E-state index in [-0.39, 0.29) is 18.8 Å². The zero-order valence-electron chi connectivity index (χ0n) is 10.1. The second-order valence-electron chi connectivity index (χ2n) is 3.64. The Balaban J connectivity index is 2.88. The third-order valence-corrected chi connectivity index (χ3v) is 2.87. The van der Waals surface area contributed by atoms with Gasteiger partial charge in [-0.1, -0.05) is 0 Å². The van der Waals surface area contributed by atoms with Crippen LogP contribution in [0.25, 0.3) is 0 Å². The van der Waals surface area contributed by atoms with Crippen LogP contribution in [0.2, 0.25) is 0 Å². The summed E-state index contributed by atoms with van der Waals surface area (Å²) in [4.78, 5) is 0. The summed E-state index contributed by atoms with van der Waals surface area (Å²) in [6.07, 6.45) is -1.16. The van der Waals surface area contributed by atoms with E-state index in [1.54, 1.807) is 14.2 Å². The van der Waals surface area contributed by atoms with Crippen LogP contribution in [-0.2, 0) is 23.7 Å². The fourth-order valence-electron chi connectivity index (χ4n) is 2.07. The molecule has 0 spiro atoms. The number of methoxy groups -OCH3 is 4. The van der Waals surface area contributed by atoms with Crippen LogP contribution >= 0.6 is 0 Å². The molecule has 0 amide bonds. The van der Waals surface area contributed by atoms with Gasteiger partial charge in [0.05, 0.1) is 6.61 Å². The van der Waals surface area contributed by atoms with Crippen LogP contribution in [0.4, 0.5) is 0 Å². The minimum absolute atomic E-state index is 0.303. The van der Waals surface area contributed by atoms with Gasteiger partial charge >= 0.3 is 0 Å². The van der Waals surface area contributed by atoms with Crippen molar-refractivity contribution < 1.29 is 28.8 Å². The average molecular weight is 236 g/mol. The summed E-state index contributed by atoms with van der Waals surface area (Å²) in [5.74, 6) is -1.18. The highest BCUT2D eigenvalue weighted by atomic mass is 16.8. The lowest BCUT2D eigenvalue weighted by atomic mass is 10.1. The normalized spacial score (nSPS) is 39.2. The molecule has 6 nitrogen and oxygen atoms in total. The molecular formula is C10H20O6. The van der Waals surface area contributed by atoms with Gasteiger partial charge in [-0.2, -0.15) is 0 Å². The molecule has 1 saturated heterocycles. The molecule has 1 aliphatic heterocycles. The maximum atomic E-state index is 9.39. The van der Waals surface area contributed by atoms with Crippen molar-refractivity contribution in [2.24, 2.45) is 0 Å². The first-order valence-corrected chi connectivity index (χ1v) is 5.07. The second kappa shape index (κ2) is 5.90. The summed E-state index contributed by atoms with van der Waals surface area (Å²) in [7, 11) is 6.12. The van der Waals surface area contributed by atoms with E-state index in [1.807, 2.05) is 0 Å². The van der Waals surface area contributed by atoms with Gasteiger partial charge in [0.15, 0.2) is 0 Å². The summed E-state index contributed by atoms with van der Waals surface area (Å²) < 4.78 is 26.5. The molecule has 1 fully saturated rings. The predicted octanol–water partition coefficient (Wildman–Crippen LogP) is -0.603. The highest BCUT2D eigenvalue weighted by Crippen LogP contribution is 2.35. The summed E-state index contributed by atoms with van der Waals surface area (Å²) in [6, 6.07) is 0. The summed E-state index contributed by atoms with van der Waals surface area (Å²) in [5.41, 5.74) is 0. The van der Waals surface area contributed by atoms with Crippen LogP contribution in [0.3, 0.4) is 0 Å². The highest BCUT2D eigenvalue weighted by Gasteiger charge is 2.56. The molecule has 1 N–H and O–H groups in total. The zero-order chi connectivity index (χ0) is 12.2. The molecule has 6 heteroatoms. The molecule has 16 heavy (non-hydrogen) atoms. The minimum atomic E-state index is -1.18. The van der Waals surface area contributed by atoms with Crippen molar-refractivity contribution in [2.45, 2.75) is 24.1 Å². The van der Waals surface area contributed by atoms with Gasteiger partial charge in [-0.15, -0.1) is 0 Å². The van der Waals surface area contributed by atoms with E-state index >= 15 is 0 Å².